The van der Waals surface area contributed by atoms with Crippen molar-refractivity contribution in [2.45, 2.75) is 0 Å². The number of benzene rings is 3. The largest absolute Gasteiger partial charge is 0.502 e. The van der Waals surface area contributed by atoms with Crippen LogP contribution in [0.3, 0.4) is 0 Å². The molecular weight excluding hydrogens is 476 g/mol. The number of aromatic hydroxyl groups is 3. The predicted molar refractivity (Wildman–Crippen MR) is 126 cm³/mol. The molecule has 0 atom stereocenters. The van der Waals surface area contributed by atoms with Gasteiger partial charge in [-0.3, -0.25) is 35.3 Å². The van der Waals surface area contributed by atoms with Crippen LogP contribution in [-0.2, 0) is 0 Å². The maximum absolute atomic E-state index is 11.4. The summed E-state index contributed by atoms with van der Waals surface area (Å²) in [7, 11) is 0. The number of nitrogens with zero attached hydrogens (tertiary/aromatic N) is 4. The highest BCUT2D eigenvalue weighted by Gasteiger charge is 2.21. The molecule has 0 aliphatic rings. The van der Waals surface area contributed by atoms with E-state index in [0.29, 0.717) is 11.1 Å². The van der Waals surface area contributed by atoms with Gasteiger partial charge in [-0.25, -0.2) is 0 Å². The molecule has 36 heavy (non-hydrogen) atoms. The molecule has 13 nitrogen and oxygen atoms in total. The van der Waals surface area contributed by atoms with E-state index in [2.05, 4.69) is 4.98 Å². The first-order chi connectivity index (χ1) is 17.1. The number of hydrogen-bond acceptors (Lipinski definition) is 10. The van der Waals surface area contributed by atoms with Crippen molar-refractivity contribution >= 4 is 17.1 Å². The molecule has 0 fully saturated rings. The van der Waals surface area contributed by atoms with Gasteiger partial charge in [0.1, 0.15) is 0 Å². The third-order valence-electron chi connectivity index (χ3n) is 5.32. The van der Waals surface area contributed by atoms with Crippen LogP contribution in [0.4, 0.5) is 17.1 Å². The summed E-state index contributed by atoms with van der Waals surface area (Å²) in [6, 6.07) is 12.3. The molecule has 0 unspecified atom stereocenters. The molecule has 0 amide bonds. The number of phenolic OH excluding ortho intramolecular Hbond substituents is 3. The van der Waals surface area contributed by atoms with Crippen LogP contribution in [0.25, 0.3) is 33.5 Å². The first-order valence-corrected chi connectivity index (χ1v) is 10.00. The van der Waals surface area contributed by atoms with Gasteiger partial charge in [-0.1, -0.05) is 12.1 Å². The highest BCUT2D eigenvalue weighted by Crippen LogP contribution is 2.40. The quantitative estimate of drug-likeness (QED) is 0.246. The Labute approximate surface area is 200 Å². The van der Waals surface area contributed by atoms with Crippen LogP contribution in [-0.4, -0.2) is 35.1 Å². The summed E-state index contributed by atoms with van der Waals surface area (Å²) in [6.07, 6.45) is 1.34. The highest BCUT2D eigenvalue weighted by molar-refractivity contribution is 5.86. The van der Waals surface area contributed by atoms with Gasteiger partial charge in [0.2, 0.25) is 0 Å². The van der Waals surface area contributed by atoms with Crippen LogP contribution in [0.1, 0.15) is 0 Å². The van der Waals surface area contributed by atoms with E-state index in [4.69, 9.17) is 0 Å². The number of hydrogen-bond donors (Lipinski definition) is 3. The predicted octanol–water partition coefficient (Wildman–Crippen LogP) is 4.92. The van der Waals surface area contributed by atoms with E-state index >= 15 is 0 Å². The zero-order valence-electron chi connectivity index (χ0n) is 17.9. The first-order valence-electron chi connectivity index (χ1n) is 10.00. The lowest BCUT2D eigenvalue weighted by Gasteiger charge is -2.13. The van der Waals surface area contributed by atoms with Gasteiger partial charge in [0, 0.05) is 41.1 Å². The van der Waals surface area contributed by atoms with Gasteiger partial charge in [-0.15, -0.1) is 0 Å². The van der Waals surface area contributed by atoms with Crippen molar-refractivity contribution in [1.29, 1.82) is 0 Å². The molecule has 0 saturated carbocycles. The lowest BCUT2D eigenvalue weighted by atomic mass is 9.95. The Balaban J connectivity index is 1.99. The third kappa shape index (κ3) is 4.31. The van der Waals surface area contributed by atoms with E-state index in [1.807, 2.05) is 0 Å². The summed E-state index contributed by atoms with van der Waals surface area (Å²) in [5, 5.41) is 63.4. The fourth-order valence-electron chi connectivity index (χ4n) is 3.58. The molecule has 1 heterocycles. The second-order valence-electron chi connectivity index (χ2n) is 7.50. The average Bonchev–Trinajstić information content (AvgIpc) is 2.84. The fraction of sp³-hybridized carbons (Fsp3) is 0. The summed E-state index contributed by atoms with van der Waals surface area (Å²) in [6.45, 7) is 0. The minimum Gasteiger partial charge on any atom is -0.502 e. The normalized spacial score (nSPS) is 10.7. The standard InChI is InChI=1S/C23H14N4O9/c28-20-4-1-12(8-17(20)25(31)32)15-7-16(13-2-5-21(29)18(9-13)26(33)34)23(24-11-15)14-3-6-22(30)19(10-14)27(35)36/h1-11,28-30H. The van der Waals surface area contributed by atoms with E-state index in [-0.39, 0.29) is 22.4 Å². The topological polar surface area (TPSA) is 203 Å². The highest BCUT2D eigenvalue weighted by atomic mass is 16.6. The van der Waals surface area contributed by atoms with E-state index in [9.17, 15) is 45.7 Å². The minimum absolute atomic E-state index is 0.148. The van der Waals surface area contributed by atoms with Crippen LogP contribution in [0.2, 0.25) is 0 Å². The van der Waals surface area contributed by atoms with Crippen molar-refractivity contribution in [3.63, 3.8) is 0 Å². The van der Waals surface area contributed by atoms with Gasteiger partial charge in [0.25, 0.3) is 0 Å². The third-order valence-corrected chi connectivity index (χ3v) is 5.32. The van der Waals surface area contributed by atoms with Crippen LogP contribution >= 0.6 is 0 Å². The van der Waals surface area contributed by atoms with Crippen molar-refractivity contribution in [2.24, 2.45) is 0 Å². The number of nitro groups is 3. The van der Waals surface area contributed by atoms with Gasteiger partial charge >= 0.3 is 17.1 Å². The summed E-state index contributed by atoms with van der Waals surface area (Å²) < 4.78 is 0. The Morgan fingerprint density at radius 1 is 0.556 bits per heavy atom. The fourth-order valence-corrected chi connectivity index (χ4v) is 3.58. The molecule has 0 radical (unpaired) electrons. The van der Waals surface area contributed by atoms with Crippen molar-refractivity contribution in [2.75, 3.05) is 0 Å². The Morgan fingerprint density at radius 3 is 1.47 bits per heavy atom. The summed E-state index contributed by atoms with van der Waals surface area (Å²) in [4.78, 5) is 36.0. The van der Waals surface area contributed by atoms with E-state index < -0.39 is 49.1 Å². The molecule has 0 spiro atoms. The van der Waals surface area contributed by atoms with Crippen LogP contribution in [0, 0.1) is 30.3 Å². The smallest absolute Gasteiger partial charge is 0.311 e. The molecule has 0 aliphatic carbocycles. The second-order valence-corrected chi connectivity index (χ2v) is 7.50. The Bertz CT molecular complexity index is 1570. The molecule has 3 N–H and O–H groups in total. The molecule has 4 aromatic rings. The number of phenols is 3. The van der Waals surface area contributed by atoms with Crippen molar-refractivity contribution < 1.29 is 30.1 Å². The Morgan fingerprint density at radius 2 is 0.972 bits per heavy atom. The number of nitro benzene ring substituents is 3. The zero-order valence-corrected chi connectivity index (χ0v) is 17.9. The van der Waals surface area contributed by atoms with Crippen LogP contribution < -0.4 is 0 Å². The lowest BCUT2D eigenvalue weighted by molar-refractivity contribution is -0.386. The van der Waals surface area contributed by atoms with Gasteiger partial charge in [-0.2, -0.15) is 0 Å². The van der Waals surface area contributed by atoms with E-state index in [0.717, 1.165) is 36.4 Å². The van der Waals surface area contributed by atoms with Crippen molar-refractivity contribution in [1.82, 2.24) is 4.98 Å². The second kappa shape index (κ2) is 8.98. The molecule has 3 aromatic carbocycles. The maximum atomic E-state index is 11.4. The van der Waals surface area contributed by atoms with E-state index in [1.54, 1.807) is 0 Å². The summed E-state index contributed by atoms with van der Waals surface area (Å²) in [5.41, 5.74) is -0.295. The lowest BCUT2D eigenvalue weighted by Crippen LogP contribution is -1.96. The molecule has 0 aliphatic heterocycles. The summed E-state index contributed by atoms with van der Waals surface area (Å²) in [5.74, 6) is -1.69. The average molecular weight is 490 g/mol. The monoisotopic (exact) mass is 490 g/mol. The van der Waals surface area contributed by atoms with Crippen LogP contribution in [0.5, 0.6) is 17.2 Å². The Hall–Kier alpha value is -5.59. The number of rotatable bonds is 6. The van der Waals surface area contributed by atoms with Gasteiger partial charge in [-0.05, 0) is 41.5 Å². The van der Waals surface area contributed by atoms with Gasteiger partial charge < -0.3 is 15.3 Å². The number of pyridine rings is 1. The first kappa shape index (κ1) is 23.6. The number of aromatic nitrogens is 1. The molecular formula is C23H14N4O9. The van der Waals surface area contributed by atoms with Crippen molar-refractivity contribution in [3.05, 3.63) is 97.2 Å². The van der Waals surface area contributed by atoms with Crippen molar-refractivity contribution in [3.8, 4) is 50.8 Å². The van der Waals surface area contributed by atoms with E-state index in [1.165, 1.54) is 30.5 Å². The summed E-state index contributed by atoms with van der Waals surface area (Å²) >= 11 is 0. The minimum atomic E-state index is -0.787. The molecule has 13 heteroatoms. The molecule has 0 saturated heterocycles. The Kier molecular flexibility index (Phi) is 5.88. The van der Waals surface area contributed by atoms with Crippen LogP contribution in [0.15, 0.2) is 66.9 Å². The zero-order chi connectivity index (χ0) is 26.1. The van der Waals surface area contributed by atoms with Gasteiger partial charge in [0.15, 0.2) is 17.2 Å². The molecule has 1 aromatic heterocycles. The van der Waals surface area contributed by atoms with Gasteiger partial charge in [0.05, 0.1) is 20.5 Å². The SMILES string of the molecule is O=[N+]([O-])c1cc(-c2cnc(-c3ccc(O)c([N+](=O)[O-])c3)c(-c3ccc(O)c([N+](=O)[O-])c3)c2)ccc1O. The maximum Gasteiger partial charge on any atom is 0.311 e. The molecule has 4 rings (SSSR count). The molecule has 0 bridgehead atoms. The molecule has 180 valence electrons.